The van der Waals surface area contributed by atoms with Gasteiger partial charge in [-0.1, -0.05) is 12.1 Å². The lowest BCUT2D eigenvalue weighted by molar-refractivity contribution is 0.0255. The first-order valence-electron chi connectivity index (χ1n) is 8.44. The molecule has 0 radical (unpaired) electrons. The molecule has 0 amide bonds. The van der Waals surface area contributed by atoms with Gasteiger partial charge in [-0.2, -0.15) is 0 Å². The maximum absolute atomic E-state index is 6.02. The zero-order valence-electron chi connectivity index (χ0n) is 13.6. The fourth-order valence-corrected chi connectivity index (χ4v) is 3.19. The van der Waals surface area contributed by atoms with Crippen LogP contribution >= 0.6 is 0 Å². The van der Waals surface area contributed by atoms with Gasteiger partial charge >= 0.3 is 0 Å². The smallest absolute Gasteiger partial charge is 0.119 e. The molecule has 2 heterocycles. The molecule has 0 aromatic heterocycles. The van der Waals surface area contributed by atoms with Gasteiger partial charge in [0.1, 0.15) is 11.9 Å². The molecule has 0 bridgehead atoms. The third-order valence-electron chi connectivity index (χ3n) is 4.69. The lowest BCUT2D eigenvalue weighted by Gasteiger charge is -2.24. The van der Waals surface area contributed by atoms with E-state index in [-0.39, 0.29) is 0 Å². The van der Waals surface area contributed by atoms with Crippen LogP contribution in [0, 0.1) is 0 Å². The molecule has 4 heteroatoms. The van der Waals surface area contributed by atoms with E-state index in [0.717, 1.165) is 44.8 Å². The number of ether oxygens (including phenoxy) is 3. The maximum atomic E-state index is 6.02. The van der Waals surface area contributed by atoms with E-state index < -0.39 is 0 Å². The normalized spacial score (nSPS) is 27.7. The van der Waals surface area contributed by atoms with Gasteiger partial charge in [0.25, 0.3) is 0 Å². The Balaban J connectivity index is 1.53. The molecule has 0 saturated carbocycles. The topological polar surface area (TPSA) is 39.7 Å². The zero-order chi connectivity index (χ0) is 15.4. The molecule has 122 valence electrons. The molecule has 1 N–H and O–H groups in total. The summed E-state index contributed by atoms with van der Waals surface area (Å²) in [5.41, 5.74) is 1.29. The largest absolute Gasteiger partial charge is 0.490 e. The second-order valence-corrected chi connectivity index (χ2v) is 6.36. The van der Waals surface area contributed by atoms with E-state index in [1.165, 1.54) is 5.56 Å². The van der Waals surface area contributed by atoms with Crippen LogP contribution in [0.3, 0.4) is 0 Å². The van der Waals surface area contributed by atoms with Crippen molar-refractivity contribution < 1.29 is 14.2 Å². The average Bonchev–Trinajstić information content (AvgIpc) is 2.94. The Morgan fingerprint density at radius 2 is 1.82 bits per heavy atom. The van der Waals surface area contributed by atoms with Crippen LogP contribution in [0.5, 0.6) is 5.75 Å². The molecule has 3 atom stereocenters. The SMILES string of the molecule is C[C@H](N[C@@H]1CCO[C@@H]1C)c1ccc(OC2CCOCC2)cc1. The van der Waals surface area contributed by atoms with Crippen molar-refractivity contribution in [2.45, 2.75) is 57.4 Å². The Bertz CT molecular complexity index is 456. The summed E-state index contributed by atoms with van der Waals surface area (Å²) in [6.07, 6.45) is 3.67. The van der Waals surface area contributed by atoms with Crippen LogP contribution in [-0.2, 0) is 9.47 Å². The minimum atomic E-state index is 0.298. The van der Waals surface area contributed by atoms with E-state index in [0.29, 0.717) is 24.3 Å². The highest BCUT2D eigenvalue weighted by atomic mass is 16.5. The Morgan fingerprint density at radius 3 is 2.45 bits per heavy atom. The lowest BCUT2D eigenvalue weighted by Crippen LogP contribution is -2.36. The van der Waals surface area contributed by atoms with Crippen LogP contribution in [0.1, 0.15) is 44.7 Å². The summed E-state index contributed by atoms with van der Waals surface area (Å²) in [4.78, 5) is 0. The molecule has 3 rings (SSSR count). The van der Waals surface area contributed by atoms with Gasteiger partial charge in [-0.3, -0.25) is 0 Å². The highest BCUT2D eigenvalue weighted by Crippen LogP contribution is 2.23. The molecular formula is C18H27NO3. The van der Waals surface area contributed by atoms with Gasteiger partial charge in [0, 0.05) is 31.5 Å². The van der Waals surface area contributed by atoms with Crippen molar-refractivity contribution in [1.82, 2.24) is 5.32 Å². The minimum Gasteiger partial charge on any atom is -0.490 e. The summed E-state index contributed by atoms with van der Waals surface area (Å²) in [7, 11) is 0. The summed E-state index contributed by atoms with van der Waals surface area (Å²) in [6.45, 7) is 6.84. The van der Waals surface area contributed by atoms with Crippen LogP contribution in [0.25, 0.3) is 0 Å². The first-order chi connectivity index (χ1) is 10.7. The van der Waals surface area contributed by atoms with Crippen molar-refractivity contribution in [2.24, 2.45) is 0 Å². The fraction of sp³-hybridized carbons (Fsp3) is 0.667. The van der Waals surface area contributed by atoms with E-state index in [4.69, 9.17) is 14.2 Å². The van der Waals surface area contributed by atoms with Gasteiger partial charge in [-0.05, 0) is 38.0 Å². The molecule has 0 spiro atoms. The van der Waals surface area contributed by atoms with E-state index in [1.54, 1.807) is 0 Å². The van der Waals surface area contributed by atoms with Crippen molar-refractivity contribution >= 4 is 0 Å². The standard InChI is InChI=1S/C18H27NO3/c1-13(19-18-9-12-21-14(18)2)15-3-5-16(6-4-15)22-17-7-10-20-11-8-17/h3-6,13-14,17-19H,7-12H2,1-2H3/t13-,14+,18+/m0/s1. The highest BCUT2D eigenvalue weighted by Gasteiger charge is 2.25. The van der Waals surface area contributed by atoms with E-state index in [9.17, 15) is 0 Å². The van der Waals surface area contributed by atoms with E-state index in [1.807, 2.05) is 0 Å². The summed E-state index contributed by atoms with van der Waals surface area (Å²) in [5, 5.41) is 3.66. The molecular weight excluding hydrogens is 278 g/mol. The lowest BCUT2D eigenvalue weighted by atomic mass is 10.1. The van der Waals surface area contributed by atoms with Crippen molar-refractivity contribution in [2.75, 3.05) is 19.8 Å². The molecule has 1 aromatic rings. The summed E-state index contributed by atoms with van der Waals surface area (Å²) >= 11 is 0. The third kappa shape index (κ3) is 4.00. The number of benzene rings is 1. The van der Waals surface area contributed by atoms with Gasteiger partial charge in [0.15, 0.2) is 0 Å². The highest BCUT2D eigenvalue weighted by molar-refractivity contribution is 5.29. The number of rotatable bonds is 5. The van der Waals surface area contributed by atoms with E-state index in [2.05, 4.69) is 43.4 Å². The molecule has 2 fully saturated rings. The first kappa shape index (κ1) is 15.8. The quantitative estimate of drug-likeness (QED) is 0.907. The molecule has 0 unspecified atom stereocenters. The molecule has 4 nitrogen and oxygen atoms in total. The maximum Gasteiger partial charge on any atom is 0.119 e. The Kier molecular flexibility index (Phi) is 5.34. The van der Waals surface area contributed by atoms with Crippen molar-refractivity contribution in [1.29, 1.82) is 0 Å². The Hall–Kier alpha value is -1.10. The number of hydrogen-bond donors (Lipinski definition) is 1. The summed E-state index contributed by atoms with van der Waals surface area (Å²) in [6, 6.07) is 9.26. The van der Waals surface area contributed by atoms with Crippen molar-refractivity contribution in [3.05, 3.63) is 29.8 Å². The van der Waals surface area contributed by atoms with Crippen LogP contribution in [0.4, 0.5) is 0 Å². The van der Waals surface area contributed by atoms with Gasteiger partial charge < -0.3 is 19.5 Å². The third-order valence-corrected chi connectivity index (χ3v) is 4.69. The number of nitrogens with one attached hydrogen (secondary N) is 1. The van der Waals surface area contributed by atoms with Gasteiger partial charge in [-0.25, -0.2) is 0 Å². The predicted octanol–water partition coefficient (Wildman–Crippen LogP) is 3.07. The molecule has 2 aliphatic heterocycles. The monoisotopic (exact) mass is 305 g/mol. The number of hydrogen-bond acceptors (Lipinski definition) is 4. The second kappa shape index (κ2) is 7.44. The summed E-state index contributed by atoms with van der Waals surface area (Å²) in [5.74, 6) is 0.959. The van der Waals surface area contributed by atoms with E-state index >= 15 is 0 Å². The van der Waals surface area contributed by atoms with Crippen LogP contribution < -0.4 is 10.1 Å². The van der Waals surface area contributed by atoms with Gasteiger partial charge in [0.05, 0.1) is 19.3 Å². The van der Waals surface area contributed by atoms with Crippen LogP contribution in [0.2, 0.25) is 0 Å². The average molecular weight is 305 g/mol. The Labute approximate surface area is 133 Å². The first-order valence-corrected chi connectivity index (χ1v) is 8.44. The fourth-order valence-electron chi connectivity index (χ4n) is 3.19. The minimum absolute atomic E-state index is 0.298. The van der Waals surface area contributed by atoms with Gasteiger partial charge in [0.2, 0.25) is 0 Å². The molecule has 2 aliphatic rings. The molecule has 0 aliphatic carbocycles. The Morgan fingerprint density at radius 1 is 1.09 bits per heavy atom. The zero-order valence-corrected chi connectivity index (χ0v) is 13.6. The van der Waals surface area contributed by atoms with Crippen LogP contribution in [-0.4, -0.2) is 38.1 Å². The molecule has 22 heavy (non-hydrogen) atoms. The summed E-state index contributed by atoms with van der Waals surface area (Å²) < 4.78 is 17.0. The van der Waals surface area contributed by atoms with Crippen LogP contribution in [0.15, 0.2) is 24.3 Å². The molecule has 1 aromatic carbocycles. The van der Waals surface area contributed by atoms with Crippen molar-refractivity contribution in [3.63, 3.8) is 0 Å². The van der Waals surface area contributed by atoms with Gasteiger partial charge in [-0.15, -0.1) is 0 Å². The molecule has 2 saturated heterocycles. The van der Waals surface area contributed by atoms with Crippen molar-refractivity contribution in [3.8, 4) is 5.75 Å². The second-order valence-electron chi connectivity index (χ2n) is 6.36. The predicted molar refractivity (Wildman–Crippen MR) is 86.3 cm³/mol.